The third-order valence-electron chi connectivity index (χ3n) is 4.53. The summed E-state index contributed by atoms with van der Waals surface area (Å²) < 4.78 is 5.11. The molecule has 152 valence electrons. The molecule has 6 heteroatoms. The van der Waals surface area contributed by atoms with Gasteiger partial charge in [-0.3, -0.25) is 9.79 Å². The lowest BCUT2D eigenvalue weighted by atomic mass is 9.90. The predicted molar refractivity (Wildman–Crippen MR) is 116 cm³/mol. The lowest BCUT2D eigenvalue weighted by Crippen LogP contribution is -2.27. The highest BCUT2D eigenvalue weighted by atomic mass is 16.5. The van der Waals surface area contributed by atoms with Crippen molar-refractivity contribution in [1.82, 2.24) is 5.32 Å². The average Bonchev–Trinajstić information content (AvgIpc) is 2.64. The van der Waals surface area contributed by atoms with E-state index in [0.717, 1.165) is 16.7 Å². The van der Waals surface area contributed by atoms with E-state index in [1.54, 1.807) is 6.92 Å². The number of phenolic OH excluding ortho intramolecular Hbond substituents is 2. The summed E-state index contributed by atoms with van der Waals surface area (Å²) in [7, 11) is 1.46. The molecule has 2 aromatic carbocycles. The number of nitrogens with zero attached hydrogens (tertiary/aromatic N) is 1. The molecule has 0 saturated heterocycles. The highest BCUT2D eigenvalue weighted by molar-refractivity contribution is 6.02. The van der Waals surface area contributed by atoms with Gasteiger partial charge >= 0.3 is 0 Å². The van der Waals surface area contributed by atoms with Gasteiger partial charge < -0.3 is 20.3 Å². The maximum absolute atomic E-state index is 12.8. The summed E-state index contributed by atoms with van der Waals surface area (Å²) >= 11 is 0. The molecule has 0 bridgehead atoms. The molecule has 0 aliphatic rings. The largest absolute Gasteiger partial charge is 0.507 e. The quantitative estimate of drug-likeness (QED) is 0.481. The molecule has 2 rings (SSSR count). The second-order valence-corrected chi connectivity index (χ2v) is 6.81. The number of rotatable bonds is 7. The van der Waals surface area contributed by atoms with E-state index in [-0.39, 0.29) is 29.2 Å². The third-order valence-corrected chi connectivity index (χ3v) is 4.53. The zero-order valence-electron chi connectivity index (χ0n) is 17.2. The molecular weight excluding hydrogens is 368 g/mol. The van der Waals surface area contributed by atoms with Crippen LogP contribution in [0.15, 0.2) is 47.8 Å². The first kappa shape index (κ1) is 21.8. The highest BCUT2D eigenvalue weighted by Gasteiger charge is 2.23. The van der Waals surface area contributed by atoms with Crippen molar-refractivity contribution in [2.24, 2.45) is 4.99 Å². The van der Waals surface area contributed by atoms with E-state index in [9.17, 15) is 15.0 Å². The number of carbonyl (C=O) groups is 1. The summed E-state index contributed by atoms with van der Waals surface area (Å²) in [5.74, 6) is -0.499. The van der Waals surface area contributed by atoms with Crippen LogP contribution in [0.5, 0.6) is 11.5 Å². The number of benzene rings is 2. The van der Waals surface area contributed by atoms with E-state index < -0.39 is 5.91 Å². The van der Waals surface area contributed by atoms with Gasteiger partial charge in [0.05, 0.1) is 31.0 Å². The van der Waals surface area contributed by atoms with Gasteiger partial charge in [0, 0.05) is 0 Å². The number of methoxy groups -OCH3 is 1. The van der Waals surface area contributed by atoms with Gasteiger partial charge in [-0.2, -0.15) is 0 Å². The average molecular weight is 394 g/mol. The molecule has 2 aromatic rings. The third kappa shape index (κ3) is 4.66. The number of hydrogen-bond acceptors (Lipinski definition) is 5. The Kier molecular flexibility index (Phi) is 6.83. The van der Waals surface area contributed by atoms with Crippen molar-refractivity contribution in [2.75, 3.05) is 13.7 Å². The summed E-state index contributed by atoms with van der Waals surface area (Å²) in [4.78, 5) is 16.4. The van der Waals surface area contributed by atoms with Crippen LogP contribution in [-0.4, -0.2) is 36.5 Å². The van der Waals surface area contributed by atoms with Crippen molar-refractivity contribution in [1.29, 1.82) is 0 Å². The minimum absolute atomic E-state index is 0.0743. The van der Waals surface area contributed by atoms with Crippen LogP contribution < -0.4 is 5.32 Å². The lowest BCUT2D eigenvalue weighted by molar-refractivity contribution is 0.0947. The van der Waals surface area contributed by atoms with E-state index in [4.69, 9.17) is 4.74 Å². The second kappa shape index (κ2) is 9.10. The SMILES string of the molecule is C=N/C=C(/CNC(=O)c1c(C)cc(O)c(-c2cc(C)ccc2C(=C)C)c1O)OC. The summed E-state index contributed by atoms with van der Waals surface area (Å²) in [6.07, 6.45) is 1.39. The number of aryl methyl sites for hydroxylation is 2. The second-order valence-electron chi connectivity index (χ2n) is 6.81. The van der Waals surface area contributed by atoms with Crippen LogP contribution in [0.25, 0.3) is 16.7 Å². The monoisotopic (exact) mass is 394 g/mol. The molecule has 0 radical (unpaired) electrons. The topological polar surface area (TPSA) is 91.2 Å². The number of allylic oxidation sites excluding steroid dienone is 1. The van der Waals surface area contributed by atoms with Crippen molar-refractivity contribution >= 4 is 18.2 Å². The number of phenols is 2. The van der Waals surface area contributed by atoms with Gasteiger partial charge in [-0.1, -0.05) is 35.9 Å². The number of ether oxygens (including phenoxy) is 1. The lowest BCUT2D eigenvalue weighted by Gasteiger charge is -2.18. The Morgan fingerprint density at radius 2 is 1.97 bits per heavy atom. The molecule has 0 spiro atoms. The van der Waals surface area contributed by atoms with E-state index in [0.29, 0.717) is 16.9 Å². The molecule has 0 aliphatic heterocycles. The Labute approximate surface area is 170 Å². The van der Waals surface area contributed by atoms with Crippen molar-refractivity contribution in [2.45, 2.75) is 20.8 Å². The summed E-state index contributed by atoms with van der Waals surface area (Å²) in [6, 6.07) is 7.11. The molecule has 0 atom stereocenters. The van der Waals surface area contributed by atoms with Gasteiger partial charge in [-0.15, -0.1) is 0 Å². The fourth-order valence-corrected chi connectivity index (χ4v) is 3.10. The van der Waals surface area contributed by atoms with Crippen LogP contribution in [-0.2, 0) is 4.74 Å². The van der Waals surface area contributed by atoms with Crippen LogP contribution in [0.2, 0.25) is 0 Å². The normalized spacial score (nSPS) is 11.1. The number of nitrogens with one attached hydrogen (secondary N) is 1. The molecule has 0 fully saturated rings. The van der Waals surface area contributed by atoms with E-state index in [2.05, 4.69) is 23.6 Å². The number of aliphatic imine (C=N–C) groups is 1. The maximum Gasteiger partial charge on any atom is 0.255 e. The number of amides is 1. The van der Waals surface area contributed by atoms with Gasteiger partial charge in [-0.05, 0) is 50.2 Å². The summed E-state index contributed by atoms with van der Waals surface area (Å²) in [5.41, 5.74) is 3.81. The highest BCUT2D eigenvalue weighted by Crippen LogP contribution is 2.44. The van der Waals surface area contributed by atoms with Gasteiger partial charge in [0.25, 0.3) is 5.91 Å². The molecular formula is C23H26N2O4. The Balaban J connectivity index is 2.58. The van der Waals surface area contributed by atoms with Crippen molar-refractivity contribution < 1.29 is 19.7 Å². The van der Waals surface area contributed by atoms with Crippen molar-refractivity contribution in [3.8, 4) is 22.6 Å². The smallest absolute Gasteiger partial charge is 0.255 e. The molecule has 0 heterocycles. The minimum atomic E-state index is -0.502. The van der Waals surface area contributed by atoms with Crippen LogP contribution in [0.4, 0.5) is 0 Å². The van der Waals surface area contributed by atoms with Crippen LogP contribution in [0.3, 0.4) is 0 Å². The Bertz CT molecular complexity index is 1010. The van der Waals surface area contributed by atoms with E-state index >= 15 is 0 Å². The van der Waals surface area contributed by atoms with Crippen LogP contribution >= 0.6 is 0 Å². The van der Waals surface area contributed by atoms with Gasteiger partial charge in [0.1, 0.15) is 17.3 Å². The molecule has 0 aliphatic carbocycles. The first-order chi connectivity index (χ1) is 13.7. The molecule has 3 N–H and O–H groups in total. The molecule has 0 aromatic heterocycles. The summed E-state index contributed by atoms with van der Waals surface area (Å²) in [5, 5.41) is 24.2. The van der Waals surface area contributed by atoms with Crippen LogP contribution in [0, 0.1) is 13.8 Å². The Morgan fingerprint density at radius 3 is 2.55 bits per heavy atom. The molecule has 6 nitrogen and oxygen atoms in total. The Morgan fingerprint density at radius 1 is 1.28 bits per heavy atom. The predicted octanol–water partition coefficient (Wildman–Crippen LogP) is 4.33. The maximum atomic E-state index is 12.8. The molecule has 29 heavy (non-hydrogen) atoms. The fourth-order valence-electron chi connectivity index (χ4n) is 3.10. The molecule has 0 unspecified atom stereocenters. The van der Waals surface area contributed by atoms with Gasteiger partial charge in [0.15, 0.2) is 0 Å². The fraction of sp³-hybridized carbons (Fsp3) is 0.217. The number of carbonyl (C=O) groups excluding carboxylic acids is 1. The number of hydrogen-bond donors (Lipinski definition) is 3. The first-order valence-electron chi connectivity index (χ1n) is 9.00. The van der Waals surface area contributed by atoms with E-state index in [1.165, 1.54) is 19.4 Å². The van der Waals surface area contributed by atoms with Gasteiger partial charge in [0.2, 0.25) is 0 Å². The standard InChI is InChI=1S/C23H26N2O4/c1-13(2)17-8-7-14(3)9-18(17)21-19(26)10-15(4)20(22(21)27)23(28)25-12-16(29-6)11-24-5/h7-11,26-27H,1,5,12H2,2-4,6H3,(H,25,28)/b16-11-. The molecule has 1 amide bonds. The van der Waals surface area contributed by atoms with Crippen molar-refractivity contribution in [3.05, 3.63) is 65.1 Å². The van der Waals surface area contributed by atoms with E-state index in [1.807, 2.05) is 32.0 Å². The zero-order valence-corrected chi connectivity index (χ0v) is 17.2. The first-order valence-corrected chi connectivity index (χ1v) is 9.00. The zero-order chi connectivity index (χ0) is 21.7. The Hall–Kier alpha value is -3.54. The van der Waals surface area contributed by atoms with Gasteiger partial charge in [-0.25, -0.2) is 0 Å². The summed E-state index contributed by atoms with van der Waals surface area (Å²) in [6.45, 7) is 12.8. The number of aromatic hydroxyl groups is 2. The van der Waals surface area contributed by atoms with Crippen molar-refractivity contribution in [3.63, 3.8) is 0 Å². The van der Waals surface area contributed by atoms with Crippen LogP contribution in [0.1, 0.15) is 34.0 Å². The molecule has 0 saturated carbocycles. The minimum Gasteiger partial charge on any atom is -0.507 e.